The van der Waals surface area contributed by atoms with E-state index in [0.717, 1.165) is 24.8 Å². The van der Waals surface area contributed by atoms with Gasteiger partial charge in [-0.25, -0.2) is 8.78 Å². The smallest absolute Gasteiger partial charge is 0.279 e. The molecular weight excluding hydrogens is 348 g/mol. The Bertz CT molecular complexity index is 773. The summed E-state index contributed by atoms with van der Waals surface area (Å²) in [7, 11) is 0. The van der Waals surface area contributed by atoms with Crippen LogP contribution in [0.15, 0.2) is 42.5 Å². The Morgan fingerprint density at radius 2 is 1.81 bits per heavy atom. The summed E-state index contributed by atoms with van der Waals surface area (Å²) >= 11 is 0. The van der Waals surface area contributed by atoms with Crippen molar-refractivity contribution in [2.45, 2.75) is 32.2 Å². The maximum Gasteiger partial charge on any atom is 0.279 e. The first kappa shape index (κ1) is 19.3. The minimum absolute atomic E-state index is 0.157. The van der Waals surface area contributed by atoms with E-state index in [4.69, 9.17) is 0 Å². The van der Waals surface area contributed by atoms with Crippen LogP contribution in [-0.4, -0.2) is 25.5 Å². The van der Waals surface area contributed by atoms with Gasteiger partial charge < -0.3 is 15.5 Å². The van der Waals surface area contributed by atoms with Crippen molar-refractivity contribution in [3.8, 4) is 0 Å². The van der Waals surface area contributed by atoms with Crippen LogP contribution < -0.4 is 15.5 Å². The van der Waals surface area contributed by atoms with Gasteiger partial charge in [-0.2, -0.15) is 0 Å². The molecular formula is C21H26F2N3O+. The van der Waals surface area contributed by atoms with Crippen LogP contribution in [0.25, 0.3) is 0 Å². The Kier molecular flexibility index (Phi) is 6.40. The molecule has 1 heterocycles. The van der Waals surface area contributed by atoms with E-state index in [0.29, 0.717) is 5.56 Å². The van der Waals surface area contributed by atoms with Crippen molar-refractivity contribution in [3.63, 3.8) is 0 Å². The van der Waals surface area contributed by atoms with Crippen molar-refractivity contribution in [1.82, 2.24) is 0 Å². The zero-order valence-electron chi connectivity index (χ0n) is 15.6. The van der Waals surface area contributed by atoms with Crippen molar-refractivity contribution in [2.75, 3.05) is 29.9 Å². The van der Waals surface area contributed by atoms with E-state index in [-0.39, 0.29) is 18.5 Å². The molecule has 0 aliphatic carbocycles. The third kappa shape index (κ3) is 5.26. The highest BCUT2D eigenvalue weighted by atomic mass is 19.1. The molecule has 0 bridgehead atoms. The SMILES string of the molecule is C[C@H]([NH2+]CC(=O)Nc1ccc(N2CCCCC2)cc1)c1ccc(F)cc1F. The predicted octanol–water partition coefficient (Wildman–Crippen LogP) is 3.22. The van der Waals surface area contributed by atoms with Gasteiger partial charge in [-0.05, 0) is 62.6 Å². The van der Waals surface area contributed by atoms with Crippen molar-refractivity contribution < 1.29 is 18.9 Å². The minimum Gasteiger partial charge on any atom is -0.372 e. The monoisotopic (exact) mass is 374 g/mol. The molecule has 0 radical (unpaired) electrons. The number of nitrogens with two attached hydrogens (primary N) is 1. The Morgan fingerprint density at radius 1 is 1.11 bits per heavy atom. The zero-order valence-corrected chi connectivity index (χ0v) is 15.6. The summed E-state index contributed by atoms with van der Waals surface area (Å²) in [6.07, 6.45) is 3.74. The molecule has 0 aromatic heterocycles. The number of rotatable bonds is 6. The van der Waals surface area contributed by atoms with E-state index in [1.807, 2.05) is 24.3 Å². The van der Waals surface area contributed by atoms with Gasteiger partial charge in [0, 0.05) is 36.1 Å². The van der Waals surface area contributed by atoms with Crippen LogP contribution in [0.5, 0.6) is 0 Å². The first-order valence-electron chi connectivity index (χ1n) is 9.46. The van der Waals surface area contributed by atoms with Gasteiger partial charge in [0.2, 0.25) is 0 Å². The second-order valence-electron chi connectivity index (χ2n) is 7.04. The molecule has 1 aliphatic heterocycles. The summed E-state index contributed by atoms with van der Waals surface area (Å²) in [6.45, 7) is 4.11. The highest BCUT2D eigenvalue weighted by Gasteiger charge is 2.16. The van der Waals surface area contributed by atoms with Crippen molar-refractivity contribution in [1.29, 1.82) is 0 Å². The molecule has 27 heavy (non-hydrogen) atoms. The Labute approximate surface area is 158 Å². The Balaban J connectivity index is 1.50. The molecule has 1 amide bonds. The Morgan fingerprint density at radius 3 is 2.48 bits per heavy atom. The molecule has 144 valence electrons. The lowest BCUT2D eigenvalue weighted by Gasteiger charge is -2.28. The normalized spacial score (nSPS) is 15.4. The highest BCUT2D eigenvalue weighted by molar-refractivity contribution is 5.91. The number of piperidine rings is 1. The van der Waals surface area contributed by atoms with Crippen LogP contribution in [0.3, 0.4) is 0 Å². The molecule has 4 nitrogen and oxygen atoms in total. The summed E-state index contributed by atoms with van der Waals surface area (Å²) in [5.41, 5.74) is 2.31. The third-order valence-corrected chi connectivity index (χ3v) is 4.98. The molecule has 1 aliphatic rings. The number of hydrogen-bond donors (Lipinski definition) is 2. The summed E-state index contributed by atoms with van der Waals surface area (Å²) in [4.78, 5) is 14.5. The van der Waals surface area contributed by atoms with Gasteiger partial charge >= 0.3 is 0 Å². The first-order chi connectivity index (χ1) is 13.0. The summed E-state index contributed by atoms with van der Waals surface area (Å²) in [5, 5.41) is 4.59. The molecule has 3 N–H and O–H groups in total. The molecule has 6 heteroatoms. The molecule has 1 fully saturated rings. The fourth-order valence-corrected chi connectivity index (χ4v) is 3.40. The summed E-state index contributed by atoms with van der Waals surface area (Å²) in [5.74, 6) is -1.35. The van der Waals surface area contributed by atoms with Gasteiger partial charge in [-0.15, -0.1) is 0 Å². The molecule has 3 rings (SSSR count). The van der Waals surface area contributed by atoms with Gasteiger partial charge in [-0.3, -0.25) is 4.79 Å². The highest BCUT2D eigenvalue weighted by Crippen LogP contribution is 2.21. The molecule has 0 unspecified atom stereocenters. The number of halogens is 2. The zero-order chi connectivity index (χ0) is 19.2. The summed E-state index contributed by atoms with van der Waals surface area (Å²) in [6, 6.07) is 11.1. The number of hydrogen-bond acceptors (Lipinski definition) is 2. The van der Waals surface area contributed by atoms with Crippen molar-refractivity contribution >= 4 is 17.3 Å². The number of nitrogens with one attached hydrogen (secondary N) is 1. The molecule has 1 saturated heterocycles. The van der Waals surface area contributed by atoms with E-state index in [1.165, 1.54) is 37.1 Å². The second kappa shape index (κ2) is 8.95. The maximum atomic E-state index is 13.8. The van der Waals surface area contributed by atoms with Gasteiger partial charge in [0.25, 0.3) is 5.91 Å². The average Bonchev–Trinajstić information content (AvgIpc) is 2.67. The number of carbonyl (C=O) groups excluding carboxylic acids is 1. The van der Waals surface area contributed by atoms with Crippen LogP contribution >= 0.6 is 0 Å². The fourth-order valence-electron chi connectivity index (χ4n) is 3.40. The maximum absolute atomic E-state index is 13.8. The average molecular weight is 374 g/mol. The number of nitrogens with zero attached hydrogens (tertiary/aromatic N) is 1. The molecule has 1 atom stereocenters. The molecule has 2 aromatic rings. The van der Waals surface area contributed by atoms with Crippen LogP contribution in [0, 0.1) is 11.6 Å². The van der Waals surface area contributed by atoms with Gasteiger partial charge in [0.15, 0.2) is 6.54 Å². The predicted molar refractivity (Wildman–Crippen MR) is 103 cm³/mol. The van der Waals surface area contributed by atoms with E-state index in [9.17, 15) is 13.6 Å². The lowest BCUT2D eigenvalue weighted by atomic mass is 10.1. The molecule has 0 spiro atoms. The van der Waals surface area contributed by atoms with Crippen LogP contribution in [0.1, 0.15) is 37.8 Å². The number of amides is 1. The largest absolute Gasteiger partial charge is 0.372 e. The van der Waals surface area contributed by atoms with Crippen LogP contribution in [-0.2, 0) is 4.79 Å². The van der Waals surface area contributed by atoms with Crippen LogP contribution in [0.2, 0.25) is 0 Å². The van der Waals surface area contributed by atoms with Crippen molar-refractivity contribution in [3.05, 3.63) is 59.7 Å². The second-order valence-corrected chi connectivity index (χ2v) is 7.04. The quantitative estimate of drug-likeness (QED) is 0.816. The van der Waals surface area contributed by atoms with Crippen LogP contribution in [0.4, 0.5) is 20.2 Å². The first-order valence-corrected chi connectivity index (χ1v) is 9.46. The van der Waals surface area contributed by atoms with Crippen molar-refractivity contribution in [2.24, 2.45) is 0 Å². The number of quaternary nitrogens is 1. The summed E-state index contributed by atoms with van der Waals surface area (Å²) < 4.78 is 26.8. The Hall–Kier alpha value is -2.47. The lowest BCUT2D eigenvalue weighted by Crippen LogP contribution is -2.86. The molecule has 0 saturated carbocycles. The van der Waals surface area contributed by atoms with E-state index < -0.39 is 11.6 Å². The molecule has 2 aromatic carbocycles. The van der Waals surface area contributed by atoms with Gasteiger partial charge in [0.1, 0.15) is 17.7 Å². The number of anilines is 2. The van der Waals surface area contributed by atoms with Gasteiger partial charge in [0.05, 0.1) is 0 Å². The third-order valence-electron chi connectivity index (χ3n) is 4.98. The minimum atomic E-state index is -0.603. The van der Waals surface area contributed by atoms with E-state index in [2.05, 4.69) is 10.2 Å². The lowest BCUT2D eigenvalue weighted by molar-refractivity contribution is -0.682. The van der Waals surface area contributed by atoms with Gasteiger partial charge in [-0.1, -0.05) is 0 Å². The topological polar surface area (TPSA) is 49.0 Å². The van der Waals surface area contributed by atoms with E-state index in [1.54, 1.807) is 12.2 Å². The number of carbonyl (C=O) groups is 1. The number of benzene rings is 2. The van der Waals surface area contributed by atoms with E-state index >= 15 is 0 Å². The fraction of sp³-hybridized carbons (Fsp3) is 0.381. The standard InChI is InChI=1S/C21H25F2N3O/c1-15(19-10-5-16(22)13-20(19)23)24-14-21(27)25-17-6-8-18(9-7-17)26-11-3-2-4-12-26/h5-10,13,15,24H,2-4,11-12,14H2,1H3,(H,25,27)/p+1/t15-/m0/s1.